The molecule has 1 rings (SSSR count). The molecule has 12 heavy (non-hydrogen) atoms. The quantitative estimate of drug-likeness (QED) is 0.502. The summed E-state index contributed by atoms with van der Waals surface area (Å²) in [6.07, 6.45) is 0. The van der Waals surface area contributed by atoms with Crippen molar-refractivity contribution < 1.29 is 0 Å². The van der Waals surface area contributed by atoms with Crippen molar-refractivity contribution in [1.82, 2.24) is 0 Å². The highest BCUT2D eigenvalue weighted by Gasteiger charge is 2.02. The molecule has 0 saturated heterocycles. The van der Waals surface area contributed by atoms with Gasteiger partial charge >= 0.3 is 0 Å². The normalized spacial score (nSPS) is 10.9. The lowest BCUT2D eigenvalue weighted by Gasteiger charge is -2.08. The van der Waals surface area contributed by atoms with E-state index in [1.54, 1.807) is 0 Å². The maximum Gasteiger partial charge on any atom is 0.156 e. The fourth-order valence-electron chi connectivity index (χ4n) is 1.29. The average Bonchev–Trinajstić information content (AvgIpc) is 2.04. The Hall–Kier alpha value is -0.533. The van der Waals surface area contributed by atoms with E-state index in [-0.39, 0.29) is 0 Å². The molecule has 0 N–H and O–H groups in total. The maximum atomic E-state index is 5.92. The van der Waals surface area contributed by atoms with Crippen LogP contribution in [0.5, 0.6) is 0 Å². The van der Waals surface area contributed by atoms with Crippen LogP contribution in [0.25, 0.3) is 5.57 Å². The van der Waals surface area contributed by atoms with Crippen molar-refractivity contribution in [1.29, 1.82) is 0 Å². The van der Waals surface area contributed by atoms with Crippen molar-refractivity contribution in [3.05, 3.63) is 35.9 Å². The Morgan fingerprint density at radius 2 is 2.17 bits per heavy atom. The molecule has 0 radical (unpaired) electrons. The van der Waals surface area contributed by atoms with E-state index >= 15 is 0 Å². The lowest BCUT2D eigenvalue weighted by atomic mass is 10.0. The Bertz CT molecular complexity index is 305. The fourth-order valence-corrected chi connectivity index (χ4v) is 2.78. The molecular weight excluding hydrogens is 184 g/mol. The molecule has 0 aliphatic rings. The molecule has 0 aliphatic heterocycles. The summed E-state index contributed by atoms with van der Waals surface area (Å²) in [5.74, 6) is 0. The van der Waals surface area contributed by atoms with E-state index in [1.165, 1.54) is 16.3 Å². The zero-order valence-electron chi connectivity index (χ0n) is 7.52. The lowest BCUT2D eigenvalue weighted by Crippen LogP contribution is -2.14. The topological polar surface area (TPSA) is 0 Å². The van der Waals surface area contributed by atoms with Gasteiger partial charge in [-0.1, -0.05) is 30.4 Å². The smallest absolute Gasteiger partial charge is 0.156 e. The van der Waals surface area contributed by atoms with Crippen molar-refractivity contribution in [2.75, 3.05) is 0 Å². The number of hydrogen-bond donors (Lipinski definition) is 0. The molecule has 0 saturated carbocycles. The molecule has 0 aliphatic carbocycles. The van der Waals surface area contributed by atoms with Crippen LogP contribution < -0.4 is 5.19 Å². The SMILES string of the molecule is C=C(C)c1cccc([SiH2]Cl)c1C. The van der Waals surface area contributed by atoms with Crippen molar-refractivity contribution in [2.45, 2.75) is 13.8 Å². The zero-order chi connectivity index (χ0) is 9.14. The van der Waals surface area contributed by atoms with Gasteiger partial charge in [0.1, 0.15) is 0 Å². The van der Waals surface area contributed by atoms with Gasteiger partial charge in [-0.05, 0) is 30.2 Å². The Morgan fingerprint density at radius 3 is 2.67 bits per heavy atom. The summed E-state index contributed by atoms with van der Waals surface area (Å²) in [4.78, 5) is 0. The van der Waals surface area contributed by atoms with Gasteiger partial charge in [0.25, 0.3) is 0 Å². The van der Waals surface area contributed by atoms with Gasteiger partial charge in [0, 0.05) is 0 Å². The number of allylic oxidation sites excluding steroid dienone is 1. The average molecular weight is 197 g/mol. The molecule has 1 aromatic rings. The van der Waals surface area contributed by atoms with E-state index in [0.717, 1.165) is 5.57 Å². The summed E-state index contributed by atoms with van der Waals surface area (Å²) in [5, 5.41) is 1.33. The predicted molar refractivity (Wildman–Crippen MR) is 59.9 cm³/mol. The Labute approximate surface area is 80.8 Å². The van der Waals surface area contributed by atoms with Gasteiger partial charge in [0.2, 0.25) is 0 Å². The second-order valence-corrected chi connectivity index (χ2v) is 4.83. The third-order valence-electron chi connectivity index (χ3n) is 2.05. The molecule has 2 heteroatoms. The number of halogens is 1. The van der Waals surface area contributed by atoms with Gasteiger partial charge in [0.05, 0.1) is 0 Å². The molecule has 0 heterocycles. The van der Waals surface area contributed by atoms with Crippen LogP contribution in [0.15, 0.2) is 24.8 Å². The standard InChI is InChI=1S/C10H13ClSi/c1-7(2)9-5-4-6-10(12-11)8(9)3/h4-6H,1,12H2,2-3H3. The van der Waals surface area contributed by atoms with Gasteiger partial charge in [-0.2, -0.15) is 11.1 Å². The third kappa shape index (κ3) is 1.79. The molecule has 64 valence electrons. The second kappa shape index (κ2) is 3.92. The highest BCUT2D eigenvalue weighted by molar-refractivity contribution is 7.01. The first-order valence-corrected chi connectivity index (χ1v) is 6.81. The van der Waals surface area contributed by atoms with Crippen molar-refractivity contribution >= 4 is 30.7 Å². The van der Waals surface area contributed by atoms with Crippen LogP contribution in [-0.2, 0) is 0 Å². The van der Waals surface area contributed by atoms with Gasteiger partial charge in [-0.3, -0.25) is 0 Å². The first kappa shape index (κ1) is 9.55. The van der Waals surface area contributed by atoms with Crippen LogP contribution >= 0.6 is 11.1 Å². The molecule has 0 unspecified atom stereocenters. The molecule has 0 atom stereocenters. The summed E-state index contributed by atoms with van der Waals surface area (Å²) in [6, 6.07) is 6.27. The van der Waals surface area contributed by atoms with E-state index in [2.05, 4.69) is 31.7 Å². The number of rotatable bonds is 2. The molecule has 0 aromatic heterocycles. The van der Waals surface area contributed by atoms with Crippen LogP contribution in [0.4, 0.5) is 0 Å². The molecule has 0 fully saturated rings. The highest BCUT2D eigenvalue weighted by atomic mass is 35.6. The van der Waals surface area contributed by atoms with Crippen molar-refractivity contribution in [3.63, 3.8) is 0 Å². The minimum absolute atomic E-state index is 0.560. The van der Waals surface area contributed by atoms with Crippen molar-refractivity contribution in [2.24, 2.45) is 0 Å². The third-order valence-corrected chi connectivity index (χ3v) is 3.97. The zero-order valence-corrected chi connectivity index (χ0v) is 9.69. The Kier molecular flexibility index (Phi) is 3.12. The summed E-state index contributed by atoms with van der Waals surface area (Å²) in [7, 11) is -0.560. The van der Waals surface area contributed by atoms with Crippen LogP contribution in [0, 0.1) is 6.92 Å². The van der Waals surface area contributed by atoms with E-state index in [0.29, 0.717) is 0 Å². The van der Waals surface area contributed by atoms with Gasteiger partial charge in [-0.15, -0.1) is 0 Å². The molecule has 1 aromatic carbocycles. The summed E-state index contributed by atoms with van der Waals surface area (Å²) in [5.41, 5.74) is 3.68. The molecule has 0 bridgehead atoms. The first-order chi connectivity index (χ1) is 5.66. The molecule has 0 spiro atoms. The number of benzene rings is 1. The summed E-state index contributed by atoms with van der Waals surface area (Å²) in [6.45, 7) is 8.08. The van der Waals surface area contributed by atoms with E-state index in [4.69, 9.17) is 11.1 Å². The van der Waals surface area contributed by atoms with E-state index in [1.807, 2.05) is 6.92 Å². The van der Waals surface area contributed by atoms with Crippen LogP contribution in [-0.4, -0.2) is 8.83 Å². The Balaban J connectivity index is 3.23. The monoisotopic (exact) mass is 196 g/mol. The largest absolute Gasteiger partial charge is 0.170 e. The maximum absolute atomic E-state index is 5.92. The van der Waals surface area contributed by atoms with Crippen LogP contribution in [0.3, 0.4) is 0 Å². The van der Waals surface area contributed by atoms with Crippen molar-refractivity contribution in [3.8, 4) is 0 Å². The van der Waals surface area contributed by atoms with Crippen LogP contribution in [0.1, 0.15) is 18.1 Å². The minimum Gasteiger partial charge on any atom is -0.170 e. The summed E-state index contributed by atoms with van der Waals surface area (Å²) < 4.78 is 0. The molecular formula is C10H13ClSi. The summed E-state index contributed by atoms with van der Waals surface area (Å²) >= 11 is 5.92. The van der Waals surface area contributed by atoms with Gasteiger partial charge in [0.15, 0.2) is 8.83 Å². The van der Waals surface area contributed by atoms with Gasteiger partial charge < -0.3 is 0 Å². The highest BCUT2D eigenvalue weighted by Crippen LogP contribution is 2.14. The van der Waals surface area contributed by atoms with E-state index < -0.39 is 8.83 Å². The Morgan fingerprint density at radius 1 is 1.50 bits per heavy atom. The molecule has 0 nitrogen and oxygen atoms in total. The first-order valence-electron chi connectivity index (χ1n) is 3.97. The lowest BCUT2D eigenvalue weighted by molar-refractivity contribution is 1.45. The van der Waals surface area contributed by atoms with E-state index in [9.17, 15) is 0 Å². The fraction of sp³-hybridized carbons (Fsp3) is 0.200. The van der Waals surface area contributed by atoms with Crippen LogP contribution in [0.2, 0.25) is 0 Å². The minimum atomic E-state index is -0.560. The predicted octanol–water partition coefficient (Wildman–Crippen LogP) is 1.98. The second-order valence-electron chi connectivity index (χ2n) is 3.00. The van der Waals surface area contributed by atoms with Gasteiger partial charge in [-0.25, -0.2) is 0 Å². The number of hydrogen-bond acceptors (Lipinski definition) is 0. The molecule has 0 amide bonds.